The molecule has 3 amide bonds. The summed E-state index contributed by atoms with van der Waals surface area (Å²) in [4.78, 5) is 42.1. The SMILES string of the molecule is CC(=O)N1CCC12CN(c1cc(NC(=O)c3cc(F)cc(C(F)(F)F)c3)c3c(c1)C(=O)NC3c1cc(F)ccc1Cl)C2. The maximum absolute atomic E-state index is 14.2. The second kappa shape index (κ2) is 9.69. The normalized spacial score (nSPS) is 18.7. The number of amides is 3. The van der Waals surface area contributed by atoms with Crippen LogP contribution in [0.5, 0.6) is 0 Å². The van der Waals surface area contributed by atoms with Gasteiger partial charge in [-0.15, -0.1) is 0 Å². The molecule has 3 aromatic rings. The van der Waals surface area contributed by atoms with Crippen LogP contribution in [0.3, 0.4) is 0 Å². The lowest BCUT2D eigenvalue weighted by atomic mass is 9.77. The molecule has 3 heterocycles. The van der Waals surface area contributed by atoms with Gasteiger partial charge < -0.3 is 20.4 Å². The maximum atomic E-state index is 14.2. The molecule has 0 radical (unpaired) electrons. The molecule has 0 aliphatic carbocycles. The van der Waals surface area contributed by atoms with E-state index in [1.165, 1.54) is 13.0 Å². The van der Waals surface area contributed by atoms with Crippen LogP contribution in [0.4, 0.5) is 33.3 Å². The minimum Gasteiger partial charge on any atom is -0.367 e. The summed E-state index contributed by atoms with van der Waals surface area (Å²) in [6.07, 6.45) is -4.09. The van der Waals surface area contributed by atoms with Crippen molar-refractivity contribution in [3.63, 3.8) is 0 Å². The van der Waals surface area contributed by atoms with Crippen molar-refractivity contribution < 1.29 is 36.3 Å². The molecule has 2 N–H and O–H groups in total. The van der Waals surface area contributed by atoms with Gasteiger partial charge in [-0.3, -0.25) is 14.4 Å². The van der Waals surface area contributed by atoms with Crippen LogP contribution in [0, 0.1) is 11.6 Å². The molecule has 1 atom stereocenters. The number of alkyl halides is 3. The van der Waals surface area contributed by atoms with E-state index in [4.69, 9.17) is 11.6 Å². The van der Waals surface area contributed by atoms with Gasteiger partial charge >= 0.3 is 6.18 Å². The molecule has 2 saturated heterocycles. The monoisotopic (exact) mass is 604 g/mol. The van der Waals surface area contributed by atoms with Crippen molar-refractivity contribution >= 4 is 40.7 Å². The van der Waals surface area contributed by atoms with Crippen molar-refractivity contribution in [1.82, 2.24) is 10.2 Å². The van der Waals surface area contributed by atoms with Gasteiger partial charge in [-0.25, -0.2) is 8.78 Å². The Bertz CT molecular complexity index is 1670. The summed E-state index contributed by atoms with van der Waals surface area (Å²) in [5.74, 6) is -3.52. The molecule has 3 aliphatic heterocycles. The van der Waals surface area contributed by atoms with Crippen LogP contribution in [-0.4, -0.2) is 47.8 Å². The molecule has 3 aliphatic rings. The van der Waals surface area contributed by atoms with Gasteiger partial charge in [0, 0.05) is 65.2 Å². The number of halogens is 6. The number of nitrogens with zero attached hydrogens (tertiary/aromatic N) is 2. The molecule has 1 unspecified atom stereocenters. The number of benzene rings is 3. The van der Waals surface area contributed by atoms with E-state index in [2.05, 4.69) is 10.6 Å². The number of nitrogens with one attached hydrogen (secondary N) is 2. The van der Waals surface area contributed by atoms with E-state index in [9.17, 15) is 36.3 Å². The molecule has 7 nitrogen and oxygen atoms in total. The minimum atomic E-state index is -4.89. The molecule has 0 saturated carbocycles. The topological polar surface area (TPSA) is 81.8 Å². The number of hydrogen-bond donors (Lipinski definition) is 2. The number of carbonyl (C=O) groups is 3. The molecule has 0 aromatic heterocycles. The smallest absolute Gasteiger partial charge is 0.367 e. The molecule has 3 aromatic carbocycles. The summed E-state index contributed by atoms with van der Waals surface area (Å²) >= 11 is 6.33. The fourth-order valence-corrected chi connectivity index (χ4v) is 6.19. The van der Waals surface area contributed by atoms with Crippen LogP contribution in [-0.2, 0) is 11.0 Å². The first kappa shape index (κ1) is 28.0. The second-order valence-corrected chi connectivity index (χ2v) is 11.1. The number of likely N-dealkylation sites (tertiary alicyclic amines) is 1. The summed E-state index contributed by atoms with van der Waals surface area (Å²) in [6, 6.07) is 7.21. The van der Waals surface area contributed by atoms with E-state index in [1.54, 1.807) is 17.0 Å². The predicted molar refractivity (Wildman–Crippen MR) is 143 cm³/mol. The number of rotatable bonds is 4. The predicted octanol–water partition coefficient (Wildman–Crippen LogP) is 5.53. The Labute approximate surface area is 241 Å². The Kier molecular flexibility index (Phi) is 6.45. The zero-order valence-electron chi connectivity index (χ0n) is 21.9. The van der Waals surface area contributed by atoms with Gasteiger partial charge in [-0.05, 0) is 55.0 Å². The van der Waals surface area contributed by atoms with E-state index in [1.807, 2.05) is 4.90 Å². The summed E-state index contributed by atoms with van der Waals surface area (Å²) in [5.41, 5.74) is -1.13. The molecule has 0 bridgehead atoms. The van der Waals surface area contributed by atoms with E-state index in [0.717, 1.165) is 18.6 Å². The molecule has 1 spiro atoms. The van der Waals surface area contributed by atoms with Crippen molar-refractivity contribution in [2.24, 2.45) is 0 Å². The van der Waals surface area contributed by atoms with E-state index >= 15 is 0 Å². The Morgan fingerprint density at radius 3 is 2.43 bits per heavy atom. The molecule has 42 heavy (non-hydrogen) atoms. The Hall–Kier alpha value is -4.19. The van der Waals surface area contributed by atoms with Crippen molar-refractivity contribution in [3.8, 4) is 0 Å². The van der Waals surface area contributed by atoms with Crippen LogP contribution < -0.4 is 15.5 Å². The average Bonchev–Trinajstić information content (AvgIpc) is 3.19. The first-order valence-electron chi connectivity index (χ1n) is 12.9. The van der Waals surface area contributed by atoms with E-state index in [-0.39, 0.29) is 44.9 Å². The lowest BCUT2D eigenvalue weighted by molar-refractivity contribution is -0.147. The highest BCUT2D eigenvalue weighted by Crippen LogP contribution is 2.46. The molecule has 2 fully saturated rings. The van der Waals surface area contributed by atoms with Gasteiger partial charge in [0.05, 0.1) is 17.1 Å². The quantitative estimate of drug-likeness (QED) is 0.384. The Morgan fingerprint density at radius 1 is 1.05 bits per heavy atom. The molecular formula is C29H22ClF5N4O3. The fraction of sp³-hybridized carbons (Fsp3) is 0.276. The van der Waals surface area contributed by atoms with Crippen molar-refractivity contribution in [2.45, 2.75) is 31.1 Å². The summed E-state index contributed by atoms with van der Waals surface area (Å²) in [5, 5.41) is 5.42. The third-order valence-electron chi connectivity index (χ3n) is 8.07. The first-order valence-corrected chi connectivity index (χ1v) is 13.3. The third kappa shape index (κ3) is 4.63. The van der Waals surface area contributed by atoms with Crippen LogP contribution in [0.1, 0.15) is 56.8 Å². The lowest BCUT2D eigenvalue weighted by Crippen LogP contribution is -2.77. The maximum Gasteiger partial charge on any atom is 0.416 e. The fourth-order valence-electron chi connectivity index (χ4n) is 5.96. The average molecular weight is 605 g/mol. The van der Waals surface area contributed by atoms with Gasteiger partial charge in [0.15, 0.2) is 0 Å². The van der Waals surface area contributed by atoms with Crippen LogP contribution in [0.15, 0.2) is 48.5 Å². The van der Waals surface area contributed by atoms with E-state index < -0.39 is 46.8 Å². The highest BCUT2D eigenvalue weighted by Gasteiger charge is 2.54. The summed E-state index contributed by atoms with van der Waals surface area (Å²) in [6.45, 7) is 3.07. The Balaban J connectivity index is 1.41. The van der Waals surface area contributed by atoms with Gasteiger partial charge in [-0.1, -0.05) is 11.6 Å². The van der Waals surface area contributed by atoms with Crippen LogP contribution in [0.2, 0.25) is 5.02 Å². The standard InChI is InChI=1S/C29H22ClF5N4O3/c1-14(40)39-5-4-28(39)12-38(13-28)19-10-21-24(25(37-27(21)42)20-9-17(31)2-3-22(20)30)23(11-19)36-26(41)15-6-16(29(33,34)35)8-18(32)7-15/h2-3,6-11,25H,4-5,12-13H2,1H3,(H,36,41)(H,37,42). The van der Waals surface area contributed by atoms with Crippen LogP contribution in [0.25, 0.3) is 0 Å². The van der Waals surface area contributed by atoms with Gasteiger partial charge in [-0.2, -0.15) is 13.2 Å². The third-order valence-corrected chi connectivity index (χ3v) is 8.41. The molecule has 6 rings (SSSR count). The lowest BCUT2D eigenvalue weighted by Gasteiger charge is -2.63. The summed E-state index contributed by atoms with van der Waals surface area (Å²) < 4.78 is 68.2. The summed E-state index contributed by atoms with van der Waals surface area (Å²) in [7, 11) is 0. The zero-order chi connectivity index (χ0) is 30.1. The first-order chi connectivity index (χ1) is 19.8. The largest absolute Gasteiger partial charge is 0.416 e. The molecule has 218 valence electrons. The molecular weight excluding hydrogens is 583 g/mol. The second-order valence-electron chi connectivity index (χ2n) is 10.7. The van der Waals surface area contributed by atoms with Gasteiger partial charge in [0.1, 0.15) is 11.6 Å². The van der Waals surface area contributed by atoms with Crippen LogP contribution >= 0.6 is 11.6 Å². The number of fused-ring (bicyclic) bond motifs is 1. The van der Waals surface area contributed by atoms with Gasteiger partial charge in [0.25, 0.3) is 11.8 Å². The van der Waals surface area contributed by atoms with E-state index in [0.29, 0.717) is 37.5 Å². The highest BCUT2D eigenvalue weighted by molar-refractivity contribution is 6.31. The van der Waals surface area contributed by atoms with Crippen molar-refractivity contribution in [1.29, 1.82) is 0 Å². The molecule has 13 heteroatoms. The minimum absolute atomic E-state index is 0.0481. The zero-order valence-corrected chi connectivity index (χ0v) is 22.7. The number of carbonyl (C=O) groups excluding carboxylic acids is 3. The van der Waals surface area contributed by atoms with Crippen molar-refractivity contribution in [3.05, 3.63) is 93.0 Å². The highest BCUT2D eigenvalue weighted by atomic mass is 35.5. The van der Waals surface area contributed by atoms with Gasteiger partial charge in [0.2, 0.25) is 5.91 Å². The number of hydrogen-bond acceptors (Lipinski definition) is 4. The number of anilines is 2. The van der Waals surface area contributed by atoms with Crippen molar-refractivity contribution in [2.75, 3.05) is 29.9 Å². The Morgan fingerprint density at radius 2 is 1.79 bits per heavy atom.